The minimum Gasteiger partial charge on any atom is -0.308 e. The van der Waals surface area contributed by atoms with E-state index in [1.807, 2.05) is 17.5 Å². The largest absolute Gasteiger partial charge is 0.325 e. The molecule has 0 aliphatic rings. The van der Waals surface area contributed by atoms with E-state index in [0.717, 1.165) is 9.35 Å². The highest BCUT2D eigenvalue weighted by molar-refractivity contribution is 9.10. The van der Waals surface area contributed by atoms with Gasteiger partial charge >= 0.3 is 6.03 Å². The number of imide groups is 1. The molecule has 26 heavy (non-hydrogen) atoms. The summed E-state index contributed by atoms with van der Waals surface area (Å²) >= 11 is 6.08. The first-order valence-corrected chi connectivity index (χ1v) is 10.0. The van der Waals surface area contributed by atoms with Gasteiger partial charge in [0.15, 0.2) is 0 Å². The molecule has 8 nitrogen and oxygen atoms in total. The van der Waals surface area contributed by atoms with Crippen LogP contribution in [0.1, 0.15) is 4.88 Å². The summed E-state index contributed by atoms with van der Waals surface area (Å²) in [6, 6.07) is 10.4. The fourth-order valence-corrected chi connectivity index (χ4v) is 3.56. The van der Waals surface area contributed by atoms with Gasteiger partial charge in [-0.15, -0.1) is 16.4 Å². The zero-order valence-electron chi connectivity index (χ0n) is 13.3. The highest BCUT2D eigenvalue weighted by atomic mass is 79.9. The van der Waals surface area contributed by atoms with Crippen molar-refractivity contribution in [2.75, 3.05) is 11.1 Å². The number of hydrogen-bond donors (Lipinski definition) is 2. The molecule has 0 saturated heterocycles. The molecule has 2 aromatic heterocycles. The number of tetrazole rings is 1. The third-order valence-corrected chi connectivity index (χ3v) is 5.42. The summed E-state index contributed by atoms with van der Waals surface area (Å²) in [5.41, 5.74) is 0.589. The van der Waals surface area contributed by atoms with Crippen LogP contribution in [-0.2, 0) is 11.3 Å². The molecule has 2 N–H and O–H groups in total. The zero-order valence-corrected chi connectivity index (χ0v) is 16.5. The van der Waals surface area contributed by atoms with E-state index < -0.39 is 11.9 Å². The van der Waals surface area contributed by atoms with E-state index in [1.54, 1.807) is 40.3 Å². The second kappa shape index (κ2) is 8.92. The molecule has 0 saturated carbocycles. The lowest BCUT2D eigenvalue weighted by molar-refractivity contribution is -0.117. The van der Waals surface area contributed by atoms with E-state index in [4.69, 9.17) is 0 Å². The second-order valence-electron chi connectivity index (χ2n) is 5.00. The van der Waals surface area contributed by atoms with Gasteiger partial charge in [-0.05, 0) is 46.1 Å². The van der Waals surface area contributed by atoms with Crippen LogP contribution in [0, 0.1) is 0 Å². The zero-order chi connectivity index (χ0) is 18.4. The Morgan fingerprint density at radius 2 is 2.04 bits per heavy atom. The summed E-state index contributed by atoms with van der Waals surface area (Å²) in [7, 11) is 0. The molecule has 2 heterocycles. The molecule has 0 radical (unpaired) electrons. The molecule has 0 aliphatic carbocycles. The number of anilines is 1. The minimum atomic E-state index is -0.587. The van der Waals surface area contributed by atoms with Crippen molar-refractivity contribution >= 4 is 56.7 Å². The predicted octanol–water partition coefficient (Wildman–Crippen LogP) is 2.99. The molecule has 11 heteroatoms. The first-order valence-electron chi connectivity index (χ1n) is 7.38. The molecule has 1 aromatic carbocycles. The third kappa shape index (κ3) is 5.38. The summed E-state index contributed by atoms with van der Waals surface area (Å²) < 4.78 is 2.52. The van der Waals surface area contributed by atoms with Crippen LogP contribution in [0.4, 0.5) is 10.5 Å². The van der Waals surface area contributed by atoms with Crippen molar-refractivity contribution in [2.24, 2.45) is 0 Å². The fourth-order valence-electron chi connectivity index (χ4n) is 1.94. The van der Waals surface area contributed by atoms with Crippen molar-refractivity contribution in [1.29, 1.82) is 0 Å². The summed E-state index contributed by atoms with van der Waals surface area (Å²) in [5, 5.41) is 18.8. The van der Waals surface area contributed by atoms with Gasteiger partial charge in [0.05, 0.1) is 12.3 Å². The highest BCUT2D eigenvalue weighted by Crippen LogP contribution is 2.17. The van der Waals surface area contributed by atoms with Gasteiger partial charge in [-0.2, -0.15) is 0 Å². The Morgan fingerprint density at radius 3 is 2.77 bits per heavy atom. The summed E-state index contributed by atoms with van der Waals surface area (Å²) in [4.78, 5) is 24.9. The number of thioether (sulfide) groups is 1. The molecule has 3 rings (SSSR count). The second-order valence-corrected chi connectivity index (χ2v) is 7.89. The first kappa shape index (κ1) is 18.5. The summed E-state index contributed by atoms with van der Waals surface area (Å²) in [5.74, 6) is -0.409. The number of rotatable bonds is 6. The summed E-state index contributed by atoms with van der Waals surface area (Å²) in [6.07, 6.45) is 0. The molecule has 0 atom stereocenters. The van der Waals surface area contributed by atoms with Crippen molar-refractivity contribution < 1.29 is 9.59 Å². The molecule has 0 fully saturated rings. The average molecular weight is 453 g/mol. The van der Waals surface area contributed by atoms with Crippen molar-refractivity contribution in [2.45, 2.75) is 11.7 Å². The van der Waals surface area contributed by atoms with E-state index in [9.17, 15) is 9.59 Å². The lowest BCUT2D eigenvalue weighted by Crippen LogP contribution is -2.35. The standard InChI is InChI=1S/C15H13BrN6O2S2/c16-10-3-5-11(6-4-10)17-14(24)18-13(23)9-26-15-19-20-21-22(15)8-12-2-1-7-25-12/h1-7H,8-9H2,(H2,17,18,23,24). The molecular formula is C15H13BrN6O2S2. The van der Waals surface area contributed by atoms with Gasteiger partial charge in [0, 0.05) is 15.0 Å². The molecular weight excluding hydrogens is 440 g/mol. The molecule has 0 spiro atoms. The van der Waals surface area contributed by atoms with Crippen LogP contribution < -0.4 is 10.6 Å². The molecule has 0 bridgehead atoms. The first-order chi connectivity index (χ1) is 12.6. The Kier molecular flexibility index (Phi) is 6.36. The number of urea groups is 1. The molecule has 134 valence electrons. The number of benzene rings is 1. The number of carbonyl (C=O) groups excluding carboxylic acids is 2. The maximum atomic E-state index is 11.9. The smallest absolute Gasteiger partial charge is 0.308 e. The fraction of sp³-hybridized carbons (Fsp3) is 0.133. The number of hydrogen-bond acceptors (Lipinski definition) is 7. The number of amides is 3. The minimum absolute atomic E-state index is 0.0264. The van der Waals surface area contributed by atoms with Crippen LogP contribution in [0.15, 0.2) is 51.4 Å². The van der Waals surface area contributed by atoms with E-state index in [1.165, 1.54) is 11.8 Å². The Balaban J connectivity index is 1.47. The van der Waals surface area contributed by atoms with Crippen LogP contribution in [-0.4, -0.2) is 37.9 Å². The van der Waals surface area contributed by atoms with Crippen molar-refractivity contribution in [3.05, 3.63) is 51.1 Å². The number of nitrogens with zero attached hydrogens (tertiary/aromatic N) is 4. The van der Waals surface area contributed by atoms with Crippen LogP contribution in [0.5, 0.6) is 0 Å². The van der Waals surface area contributed by atoms with E-state index in [0.29, 0.717) is 17.4 Å². The molecule has 0 unspecified atom stereocenters. The van der Waals surface area contributed by atoms with Gasteiger partial charge < -0.3 is 5.32 Å². The Morgan fingerprint density at radius 1 is 1.23 bits per heavy atom. The van der Waals surface area contributed by atoms with Crippen LogP contribution in [0.2, 0.25) is 0 Å². The highest BCUT2D eigenvalue weighted by Gasteiger charge is 2.13. The number of aromatic nitrogens is 4. The monoisotopic (exact) mass is 452 g/mol. The van der Waals surface area contributed by atoms with Crippen molar-refractivity contribution in [1.82, 2.24) is 25.5 Å². The number of thiophene rings is 1. The Bertz CT molecular complexity index is 882. The number of nitrogens with one attached hydrogen (secondary N) is 2. The SMILES string of the molecule is O=C(CSc1nnnn1Cc1cccs1)NC(=O)Nc1ccc(Br)cc1. The van der Waals surface area contributed by atoms with Crippen molar-refractivity contribution in [3.63, 3.8) is 0 Å². The van der Waals surface area contributed by atoms with E-state index >= 15 is 0 Å². The van der Waals surface area contributed by atoms with Crippen LogP contribution >= 0.6 is 39.0 Å². The van der Waals surface area contributed by atoms with Crippen LogP contribution in [0.3, 0.4) is 0 Å². The quantitative estimate of drug-likeness (QED) is 0.557. The van der Waals surface area contributed by atoms with Crippen LogP contribution in [0.25, 0.3) is 0 Å². The van der Waals surface area contributed by atoms with Gasteiger partial charge in [0.1, 0.15) is 0 Å². The lowest BCUT2D eigenvalue weighted by Gasteiger charge is -2.07. The maximum Gasteiger partial charge on any atom is 0.325 e. The molecule has 3 amide bonds. The van der Waals surface area contributed by atoms with E-state index in [-0.39, 0.29) is 5.75 Å². The maximum absolute atomic E-state index is 11.9. The van der Waals surface area contributed by atoms with Gasteiger partial charge in [0.25, 0.3) is 0 Å². The molecule has 0 aliphatic heterocycles. The van der Waals surface area contributed by atoms with Crippen molar-refractivity contribution in [3.8, 4) is 0 Å². The van der Waals surface area contributed by atoms with Gasteiger partial charge in [-0.25, -0.2) is 9.48 Å². The number of halogens is 1. The van der Waals surface area contributed by atoms with Gasteiger partial charge in [0.2, 0.25) is 11.1 Å². The van der Waals surface area contributed by atoms with E-state index in [2.05, 4.69) is 42.1 Å². The third-order valence-electron chi connectivity index (χ3n) is 3.07. The number of carbonyl (C=O) groups is 2. The lowest BCUT2D eigenvalue weighted by atomic mass is 10.3. The topological polar surface area (TPSA) is 102 Å². The summed E-state index contributed by atoms with van der Waals surface area (Å²) in [6.45, 7) is 0.540. The average Bonchev–Trinajstić information content (AvgIpc) is 3.27. The van der Waals surface area contributed by atoms with Gasteiger partial charge in [-0.1, -0.05) is 33.8 Å². The predicted molar refractivity (Wildman–Crippen MR) is 103 cm³/mol. The van der Waals surface area contributed by atoms with Gasteiger partial charge in [-0.3, -0.25) is 10.1 Å². The Hall–Kier alpha value is -2.24. The normalized spacial score (nSPS) is 10.5. The Labute approximate surface area is 165 Å². The molecule has 3 aromatic rings.